The molecule has 0 aliphatic carbocycles. The predicted molar refractivity (Wildman–Crippen MR) is 79.4 cm³/mol. The molecule has 0 aliphatic rings. The highest BCUT2D eigenvalue weighted by Crippen LogP contribution is 2.30. The van der Waals surface area contributed by atoms with Gasteiger partial charge in [-0.2, -0.15) is 5.10 Å². The second-order valence-electron chi connectivity index (χ2n) is 4.67. The van der Waals surface area contributed by atoms with Crippen LogP contribution in [0.2, 0.25) is 0 Å². The van der Waals surface area contributed by atoms with Crippen LogP contribution in [-0.2, 0) is 6.54 Å². The minimum Gasteiger partial charge on any atom is -0.493 e. The largest absolute Gasteiger partial charge is 0.493 e. The maximum absolute atomic E-state index is 8.81. The van der Waals surface area contributed by atoms with Crippen LogP contribution < -0.4 is 14.8 Å². The molecule has 0 fully saturated rings. The molecule has 1 aromatic heterocycles. The number of H-pyrrole nitrogens is 1. The number of nitrogens with zero attached hydrogens (tertiary/aromatic N) is 1. The fraction of sp³-hybridized carbons (Fsp3) is 0.400. The SMILES string of the molecule is COc1cc(C(C)NCc2ccn[nH]2)ccc1OCCO. The van der Waals surface area contributed by atoms with Gasteiger partial charge in [0, 0.05) is 24.5 Å². The van der Waals surface area contributed by atoms with E-state index in [0.717, 1.165) is 11.3 Å². The zero-order valence-corrected chi connectivity index (χ0v) is 12.3. The number of aliphatic hydroxyl groups is 1. The fourth-order valence-electron chi connectivity index (χ4n) is 1.99. The zero-order valence-electron chi connectivity index (χ0n) is 12.3. The molecule has 1 atom stereocenters. The van der Waals surface area contributed by atoms with Gasteiger partial charge in [0.1, 0.15) is 6.61 Å². The van der Waals surface area contributed by atoms with E-state index in [-0.39, 0.29) is 19.3 Å². The van der Waals surface area contributed by atoms with Gasteiger partial charge in [-0.15, -0.1) is 0 Å². The summed E-state index contributed by atoms with van der Waals surface area (Å²) in [6, 6.07) is 7.88. The van der Waals surface area contributed by atoms with E-state index in [1.54, 1.807) is 13.3 Å². The number of methoxy groups -OCH3 is 1. The van der Waals surface area contributed by atoms with Crippen LogP contribution in [0.3, 0.4) is 0 Å². The van der Waals surface area contributed by atoms with Crippen molar-refractivity contribution in [3.63, 3.8) is 0 Å². The Balaban J connectivity index is 2.01. The van der Waals surface area contributed by atoms with E-state index in [1.165, 1.54) is 0 Å². The van der Waals surface area contributed by atoms with Crippen molar-refractivity contribution in [3.05, 3.63) is 41.7 Å². The summed E-state index contributed by atoms with van der Waals surface area (Å²) in [5.74, 6) is 1.30. The van der Waals surface area contributed by atoms with E-state index < -0.39 is 0 Å². The second kappa shape index (κ2) is 7.66. The smallest absolute Gasteiger partial charge is 0.161 e. The van der Waals surface area contributed by atoms with Crippen molar-refractivity contribution >= 4 is 0 Å². The van der Waals surface area contributed by atoms with Crippen molar-refractivity contribution < 1.29 is 14.6 Å². The molecule has 6 nitrogen and oxygen atoms in total. The van der Waals surface area contributed by atoms with Crippen LogP contribution in [-0.4, -0.2) is 35.6 Å². The first-order valence-electron chi connectivity index (χ1n) is 6.88. The summed E-state index contributed by atoms with van der Waals surface area (Å²) in [5.41, 5.74) is 2.14. The summed E-state index contributed by atoms with van der Waals surface area (Å²) >= 11 is 0. The number of rotatable bonds is 8. The Bertz CT molecular complexity index is 543. The molecule has 1 unspecified atom stereocenters. The Hall–Kier alpha value is -2.05. The molecule has 0 radical (unpaired) electrons. The molecule has 3 N–H and O–H groups in total. The van der Waals surface area contributed by atoms with Gasteiger partial charge in [0.2, 0.25) is 0 Å². The molecule has 1 aromatic carbocycles. The first-order chi connectivity index (χ1) is 10.2. The molecule has 0 bridgehead atoms. The number of aromatic amines is 1. The van der Waals surface area contributed by atoms with Crippen LogP contribution in [0.4, 0.5) is 0 Å². The van der Waals surface area contributed by atoms with Crippen LogP contribution in [0.1, 0.15) is 24.2 Å². The average Bonchev–Trinajstić information content (AvgIpc) is 3.03. The van der Waals surface area contributed by atoms with Crippen molar-refractivity contribution in [2.24, 2.45) is 0 Å². The van der Waals surface area contributed by atoms with Gasteiger partial charge < -0.3 is 19.9 Å². The minimum absolute atomic E-state index is 0.0208. The quantitative estimate of drug-likeness (QED) is 0.689. The highest BCUT2D eigenvalue weighted by molar-refractivity contribution is 5.43. The van der Waals surface area contributed by atoms with Gasteiger partial charge in [-0.05, 0) is 30.7 Å². The molecule has 0 spiro atoms. The number of aliphatic hydroxyl groups excluding tert-OH is 1. The van der Waals surface area contributed by atoms with Crippen molar-refractivity contribution in [3.8, 4) is 11.5 Å². The van der Waals surface area contributed by atoms with Crippen molar-refractivity contribution in [2.75, 3.05) is 20.3 Å². The lowest BCUT2D eigenvalue weighted by atomic mass is 10.1. The summed E-state index contributed by atoms with van der Waals surface area (Å²) in [6.07, 6.45) is 1.73. The number of aromatic nitrogens is 2. The number of hydrogen-bond donors (Lipinski definition) is 3. The summed E-state index contributed by atoms with van der Waals surface area (Å²) in [7, 11) is 1.60. The Morgan fingerprint density at radius 1 is 1.33 bits per heavy atom. The van der Waals surface area contributed by atoms with Gasteiger partial charge in [0.05, 0.1) is 13.7 Å². The Kier molecular flexibility index (Phi) is 5.59. The topological polar surface area (TPSA) is 79.4 Å². The fourth-order valence-corrected chi connectivity index (χ4v) is 1.99. The predicted octanol–water partition coefficient (Wildman–Crippen LogP) is 1.64. The lowest BCUT2D eigenvalue weighted by molar-refractivity contribution is 0.196. The van der Waals surface area contributed by atoms with E-state index in [4.69, 9.17) is 14.6 Å². The van der Waals surface area contributed by atoms with Crippen LogP contribution in [0, 0.1) is 0 Å². The summed E-state index contributed by atoms with van der Waals surface area (Å²) < 4.78 is 10.8. The Morgan fingerprint density at radius 2 is 2.19 bits per heavy atom. The third-order valence-corrected chi connectivity index (χ3v) is 3.19. The normalized spacial score (nSPS) is 12.1. The van der Waals surface area contributed by atoms with E-state index in [2.05, 4.69) is 22.4 Å². The lowest BCUT2D eigenvalue weighted by Gasteiger charge is -2.16. The standard InChI is InChI=1S/C15H21N3O3/c1-11(16-10-13-5-6-17-18-13)12-3-4-14(21-8-7-19)15(9-12)20-2/h3-6,9,11,16,19H,7-8,10H2,1-2H3,(H,17,18). The van der Waals surface area contributed by atoms with Gasteiger partial charge in [-0.25, -0.2) is 0 Å². The van der Waals surface area contributed by atoms with E-state index in [0.29, 0.717) is 18.0 Å². The Morgan fingerprint density at radius 3 is 2.86 bits per heavy atom. The molecule has 0 saturated heterocycles. The van der Waals surface area contributed by atoms with Gasteiger partial charge in [0.25, 0.3) is 0 Å². The molecular formula is C15H21N3O3. The molecule has 21 heavy (non-hydrogen) atoms. The highest BCUT2D eigenvalue weighted by atomic mass is 16.5. The van der Waals surface area contributed by atoms with Gasteiger partial charge in [-0.1, -0.05) is 6.07 Å². The van der Waals surface area contributed by atoms with Crippen molar-refractivity contribution in [1.82, 2.24) is 15.5 Å². The first kappa shape index (κ1) is 15.3. The number of ether oxygens (including phenoxy) is 2. The maximum atomic E-state index is 8.81. The molecule has 1 heterocycles. The third kappa shape index (κ3) is 4.21. The molecule has 0 amide bonds. The number of nitrogens with one attached hydrogen (secondary N) is 2. The summed E-state index contributed by atoms with van der Waals surface area (Å²) in [6.45, 7) is 3.03. The third-order valence-electron chi connectivity index (χ3n) is 3.19. The molecule has 6 heteroatoms. The van der Waals surface area contributed by atoms with Gasteiger partial charge in [0.15, 0.2) is 11.5 Å². The first-order valence-corrected chi connectivity index (χ1v) is 6.88. The van der Waals surface area contributed by atoms with Gasteiger partial charge in [-0.3, -0.25) is 5.10 Å². The van der Waals surface area contributed by atoms with Crippen LogP contribution in [0.15, 0.2) is 30.5 Å². The van der Waals surface area contributed by atoms with Crippen LogP contribution in [0.25, 0.3) is 0 Å². The molecule has 0 aliphatic heterocycles. The second-order valence-corrected chi connectivity index (χ2v) is 4.67. The monoisotopic (exact) mass is 291 g/mol. The van der Waals surface area contributed by atoms with Gasteiger partial charge >= 0.3 is 0 Å². The Labute approximate surface area is 124 Å². The highest BCUT2D eigenvalue weighted by Gasteiger charge is 2.10. The average molecular weight is 291 g/mol. The molecule has 114 valence electrons. The summed E-state index contributed by atoms with van der Waals surface area (Å²) in [5, 5.41) is 19.1. The number of hydrogen-bond acceptors (Lipinski definition) is 5. The molecule has 2 aromatic rings. The lowest BCUT2D eigenvalue weighted by Crippen LogP contribution is -2.18. The van der Waals surface area contributed by atoms with Crippen LogP contribution in [0.5, 0.6) is 11.5 Å². The van der Waals surface area contributed by atoms with E-state index in [9.17, 15) is 0 Å². The number of benzene rings is 1. The van der Waals surface area contributed by atoms with E-state index in [1.807, 2.05) is 24.3 Å². The summed E-state index contributed by atoms with van der Waals surface area (Å²) in [4.78, 5) is 0. The minimum atomic E-state index is -0.0208. The molecular weight excluding hydrogens is 270 g/mol. The van der Waals surface area contributed by atoms with Crippen molar-refractivity contribution in [2.45, 2.75) is 19.5 Å². The van der Waals surface area contributed by atoms with Crippen LogP contribution >= 0.6 is 0 Å². The molecule has 2 rings (SSSR count). The zero-order chi connectivity index (χ0) is 15.1. The maximum Gasteiger partial charge on any atom is 0.161 e. The van der Waals surface area contributed by atoms with E-state index >= 15 is 0 Å². The van der Waals surface area contributed by atoms with Crippen molar-refractivity contribution in [1.29, 1.82) is 0 Å². The molecule has 0 saturated carbocycles.